The number of hydrogen-bond acceptors (Lipinski definition) is 3. The average molecular weight is 299 g/mol. The molecule has 8 heteroatoms. The molecule has 1 heterocycles. The largest absolute Gasteiger partial charge is 0.503 e. The summed E-state index contributed by atoms with van der Waals surface area (Å²) in [7, 11) is 4.74. The fourth-order valence-electron chi connectivity index (χ4n) is 1.68. The summed E-state index contributed by atoms with van der Waals surface area (Å²) in [6.07, 6.45) is -4.75. The maximum Gasteiger partial charge on any atom is 0.410 e. The Balaban J connectivity index is 3.46. The summed E-state index contributed by atoms with van der Waals surface area (Å²) in [5.41, 5.74) is -1.18. The molecule has 0 saturated heterocycles. The van der Waals surface area contributed by atoms with Crippen molar-refractivity contribution in [1.29, 1.82) is 0 Å². The van der Waals surface area contributed by atoms with Crippen molar-refractivity contribution in [2.45, 2.75) is 18.1 Å². The molecule has 1 atom stereocenters. The van der Waals surface area contributed by atoms with Gasteiger partial charge in [0.1, 0.15) is 0 Å². The molecule has 0 spiro atoms. The van der Waals surface area contributed by atoms with Gasteiger partial charge in [-0.25, -0.2) is 0 Å². The van der Waals surface area contributed by atoms with Crippen LogP contribution in [0, 0.1) is 0 Å². The maximum atomic E-state index is 12.7. The molecule has 0 aromatic carbocycles. The number of alkyl halides is 4. The molecule has 1 N–H and O–H groups in total. The fraction of sp³-hybridized carbons (Fsp3) is 0.545. The fourth-order valence-corrected chi connectivity index (χ4v) is 1.93. The third kappa shape index (κ3) is 3.42. The van der Waals surface area contributed by atoms with E-state index in [4.69, 9.17) is 11.6 Å². The van der Waals surface area contributed by atoms with Gasteiger partial charge in [-0.15, -0.1) is 11.6 Å². The number of aromatic nitrogens is 1. The lowest BCUT2D eigenvalue weighted by Gasteiger charge is -2.22. The zero-order valence-corrected chi connectivity index (χ0v) is 11.4. The second-order valence-corrected chi connectivity index (χ2v) is 4.87. The number of rotatable bonds is 3. The van der Waals surface area contributed by atoms with E-state index in [1.165, 1.54) is 7.05 Å². The summed E-state index contributed by atoms with van der Waals surface area (Å²) in [5, 5.41) is 7.10. The quantitative estimate of drug-likeness (QED) is 0.868. The second-order valence-electron chi connectivity index (χ2n) is 4.43. The van der Waals surface area contributed by atoms with Crippen LogP contribution in [0.1, 0.15) is 16.8 Å². The third-order valence-electron chi connectivity index (χ3n) is 2.57. The maximum absolute atomic E-state index is 12.7. The van der Waals surface area contributed by atoms with Crippen molar-refractivity contribution >= 4 is 11.6 Å². The standard InChI is InChI=1S/C11H14ClF3N2O2/c1-16(2)5-6-4-7(18)9(19)8(17(6)3)10(12)11(13,14)15/h4,10,19H,5H2,1-3H3. The lowest BCUT2D eigenvalue weighted by atomic mass is 10.2. The van der Waals surface area contributed by atoms with Gasteiger partial charge in [-0.3, -0.25) is 4.79 Å². The lowest BCUT2D eigenvalue weighted by molar-refractivity contribution is -0.133. The molecule has 4 nitrogen and oxygen atoms in total. The summed E-state index contributed by atoms with van der Waals surface area (Å²) in [5.74, 6) is -0.970. The van der Waals surface area contributed by atoms with E-state index >= 15 is 0 Å². The average Bonchev–Trinajstić information content (AvgIpc) is 2.24. The van der Waals surface area contributed by atoms with Gasteiger partial charge in [-0.1, -0.05) is 0 Å². The monoisotopic (exact) mass is 298 g/mol. The molecule has 19 heavy (non-hydrogen) atoms. The highest BCUT2D eigenvalue weighted by Gasteiger charge is 2.42. The highest BCUT2D eigenvalue weighted by molar-refractivity contribution is 6.21. The van der Waals surface area contributed by atoms with Gasteiger partial charge < -0.3 is 14.6 Å². The van der Waals surface area contributed by atoms with Crippen LogP contribution >= 0.6 is 11.6 Å². The van der Waals surface area contributed by atoms with Gasteiger partial charge in [0.05, 0.1) is 5.69 Å². The van der Waals surface area contributed by atoms with E-state index in [-0.39, 0.29) is 6.54 Å². The van der Waals surface area contributed by atoms with Gasteiger partial charge in [0, 0.05) is 25.4 Å². The number of pyridine rings is 1. The van der Waals surface area contributed by atoms with E-state index in [2.05, 4.69) is 0 Å². The van der Waals surface area contributed by atoms with Crippen molar-refractivity contribution in [3.63, 3.8) is 0 Å². The number of nitrogens with zero attached hydrogens (tertiary/aromatic N) is 2. The van der Waals surface area contributed by atoms with Crippen molar-refractivity contribution < 1.29 is 18.3 Å². The van der Waals surface area contributed by atoms with Crippen LogP contribution < -0.4 is 5.43 Å². The van der Waals surface area contributed by atoms with Gasteiger partial charge in [0.15, 0.2) is 11.1 Å². The number of halogens is 4. The molecule has 0 amide bonds. The van der Waals surface area contributed by atoms with Crippen LogP contribution in [0.15, 0.2) is 10.9 Å². The molecular formula is C11H14ClF3N2O2. The van der Waals surface area contributed by atoms with Gasteiger partial charge in [0.2, 0.25) is 5.43 Å². The van der Waals surface area contributed by atoms with Crippen LogP contribution in [0.4, 0.5) is 13.2 Å². The van der Waals surface area contributed by atoms with E-state index in [0.29, 0.717) is 5.69 Å². The first-order valence-corrected chi connectivity index (χ1v) is 5.76. The van der Waals surface area contributed by atoms with Crippen LogP contribution in [0.5, 0.6) is 5.75 Å². The summed E-state index contributed by atoms with van der Waals surface area (Å²) in [6.45, 7) is 0.250. The highest BCUT2D eigenvalue weighted by Crippen LogP contribution is 2.40. The van der Waals surface area contributed by atoms with Crippen LogP contribution in [0.2, 0.25) is 0 Å². The van der Waals surface area contributed by atoms with Crippen LogP contribution in [-0.4, -0.2) is 34.8 Å². The Morgan fingerprint density at radius 2 is 2.00 bits per heavy atom. The summed E-state index contributed by atoms with van der Waals surface area (Å²) in [6, 6.07) is 1.10. The minimum absolute atomic E-state index is 0.250. The molecule has 0 radical (unpaired) electrons. The summed E-state index contributed by atoms with van der Waals surface area (Å²) < 4.78 is 39.1. The smallest absolute Gasteiger partial charge is 0.410 e. The first kappa shape index (κ1) is 15.8. The molecular weight excluding hydrogens is 285 g/mol. The molecule has 0 aliphatic rings. The van der Waals surface area contributed by atoms with E-state index < -0.39 is 28.4 Å². The Kier molecular flexibility index (Phi) is 4.52. The SMILES string of the molecule is CN(C)Cc1cc(=O)c(O)c(C(Cl)C(F)(F)F)n1C. The molecule has 0 bridgehead atoms. The van der Waals surface area contributed by atoms with Crippen molar-refractivity contribution in [1.82, 2.24) is 9.47 Å². The lowest BCUT2D eigenvalue weighted by Crippen LogP contribution is -2.26. The minimum atomic E-state index is -4.75. The minimum Gasteiger partial charge on any atom is -0.503 e. The zero-order valence-electron chi connectivity index (χ0n) is 10.6. The molecule has 1 aromatic heterocycles. The van der Waals surface area contributed by atoms with Crippen LogP contribution in [0.25, 0.3) is 0 Å². The van der Waals surface area contributed by atoms with Crippen molar-refractivity contribution in [2.24, 2.45) is 7.05 Å². The Hall–Kier alpha value is -1.21. The highest BCUT2D eigenvalue weighted by atomic mass is 35.5. The third-order valence-corrected chi connectivity index (χ3v) is 3.03. The van der Waals surface area contributed by atoms with E-state index in [0.717, 1.165) is 10.6 Å². The Morgan fingerprint density at radius 1 is 1.47 bits per heavy atom. The molecule has 0 saturated carbocycles. The summed E-state index contributed by atoms with van der Waals surface area (Å²) in [4.78, 5) is 13.2. The predicted octanol–water partition coefficient (Wildman–Crippen LogP) is 1.99. The van der Waals surface area contributed by atoms with E-state index in [1.54, 1.807) is 19.0 Å². The second kappa shape index (κ2) is 5.42. The first-order chi connectivity index (χ1) is 8.55. The molecule has 0 aliphatic carbocycles. The van der Waals surface area contributed by atoms with E-state index in [1.807, 2.05) is 0 Å². The topological polar surface area (TPSA) is 45.5 Å². The number of aromatic hydroxyl groups is 1. The molecule has 0 aliphatic heterocycles. The Bertz CT molecular complexity index is 526. The van der Waals surface area contributed by atoms with Gasteiger partial charge in [-0.2, -0.15) is 13.2 Å². The van der Waals surface area contributed by atoms with Crippen LogP contribution in [-0.2, 0) is 13.6 Å². The van der Waals surface area contributed by atoms with Crippen molar-refractivity contribution in [2.75, 3.05) is 14.1 Å². The normalized spacial score (nSPS) is 13.9. The van der Waals surface area contributed by atoms with E-state index in [9.17, 15) is 23.1 Å². The van der Waals surface area contributed by atoms with Gasteiger partial charge in [-0.05, 0) is 14.1 Å². The van der Waals surface area contributed by atoms with Gasteiger partial charge in [0.25, 0.3) is 0 Å². The van der Waals surface area contributed by atoms with Crippen molar-refractivity contribution in [3.05, 3.63) is 27.7 Å². The molecule has 0 fully saturated rings. The molecule has 1 unspecified atom stereocenters. The first-order valence-electron chi connectivity index (χ1n) is 5.33. The Morgan fingerprint density at radius 3 is 2.42 bits per heavy atom. The Labute approximate surface area is 113 Å². The molecule has 1 aromatic rings. The van der Waals surface area contributed by atoms with Crippen LogP contribution in [0.3, 0.4) is 0 Å². The van der Waals surface area contributed by atoms with Gasteiger partial charge >= 0.3 is 6.18 Å². The molecule has 1 rings (SSSR count). The zero-order chi connectivity index (χ0) is 15.0. The molecule has 108 valence electrons. The summed E-state index contributed by atoms with van der Waals surface area (Å²) >= 11 is 5.32. The number of hydrogen-bond donors (Lipinski definition) is 1. The predicted molar refractivity (Wildman–Crippen MR) is 65.4 cm³/mol. The van der Waals surface area contributed by atoms with Crippen molar-refractivity contribution in [3.8, 4) is 5.75 Å².